The fraction of sp³-hybridized carbons (Fsp3) is 0.417. The van der Waals surface area contributed by atoms with Gasteiger partial charge in [-0.05, 0) is 11.6 Å². The van der Waals surface area contributed by atoms with Crippen LogP contribution >= 0.6 is 11.6 Å². The number of hydrogen-bond acceptors (Lipinski definition) is 3. The van der Waals surface area contributed by atoms with Crippen molar-refractivity contribution in [3.05, 3.63) is 34.9 Å². The zero-order chi connectivity index (χ0) is 14.0. The molecule has 0 radical (unpaired) electrons. The first kappa shape index (κ1) is 14.3. The summed E-state index contributed by atoms with van der Waals surface area (Å²) in [5.41, 5.74) is 0.551. The second-order valence-electron chi connectivity index (χ2n) is 4.50. The van der Waals surface area contributed by atoms with Crippen LogP contribution in [-0.4, -0.2) is 50.2 Å². The number of carbonyl (C=O) groups excluding carboxylic acids is 1. The van der Waals surface area contributed by atoms with Gasteiger partial charge in [0.2, 0.25) is 15.9 Å². The second kappa shape index (κ2) is 5.48. The molecule has 5 nitrogen and oxygen atoms in total. The molecule has 0 aliphatic carbocycles. The third kappa shape index (κ3) is 3.26. The molecule has 0 unspecified atom stereocenters. The van der Waals surface area contributed by atoms with Crippen LogP contribution in [-0.2, 0) is 20.6 Å². The molecule has 0 N–H and O–H groups in total. The third-order valence-corrected chi connectivity index (χ3v) is 5.25. The summed E-state index contributed by atoms with van der Waals surface area (Å²) in [5, 5.41) is 0.423. The van der Waals surface area contributed by atoms with Crippen molar-refractivity contribution in [2.24, 2.45) is 0 Å². The largest absolute Gasteiger partial charge is 0.343 e. The fourth-order valence-electron chi connectivity index (χ4n) is 1.88. The summed E-state index contributed by atoms with van der Waals surface area (Å²) in [5.74, 6) is -0.363. The van der Waals surface area contributed by atoms with E-state index in [1.54, 1.807) is 31.3 Å². The minimum atomic E-state index is -3.51. The van der Waals surface area contributed by atoms with Crippen LogP contribution in [0.3, 0.4) is 0 Å². The van der Waals surface area contributed by atoms with Gasteiger partial charge >= 0.3 is 0 Å². The highest BCUT2D eigenvalue weighted by Gasteiger charge is 2.30. The number of halogens is 1. The molecule has 19 heavy (non-hydrogen) atoms. The van der Waals surface area contributed by atoms with Crippen molar-refractivity contribution in [1.29, 1.82) is 0 Å². The van der Waals surface area contributed by atoms with E-state index in [-0.39, 0.29) is 18.2 Å². The Balaban J connectivity index is 2.15. The van der Waals surface area contributed by atoms with Crippen molar-refractivity contribution in [2.75, 3.05) is 26.7 Å². The zero-order valence-electron chi connectivity index (χ0n) is 10.5. The van der Waals surface area contributed by atoms with E-state index in [9.17, 15) is 13.2 Å². The molecule has 0 aromatic heterocycles. The molecule has 0 saturated carbocycles. The number of nitrogens with zero attached hydrogens (tertiary/aromatic N) is 2. The van der Waals surface area contributed by atoms with Gasteiger partial charge in [-0.1, -0.05) is 29.8 Å². The first-order chi connectivity index (χ1) is 8.90. The van der Waals surface area contributed by atoms with Crippen LogP contribution < -0.4 is 0 Å². The van der Waals surface area contributed by atoms with Gasteiger partial charge in [0.05, 0.1) is 12.3 Å². The number of likely N-dealkylation sites (N-methyl/N-ethyl adjacent to an activating group) is 1. The molecular formula is C12H15ClN2O3S. The molecule has 7 heteroatoms. The van der Waals surface area contributed by atoms with Crippen molar-refractivity contribution in [3.63, 3.8) is 0 Å². The number of benzene rings is 1. The Morgan fingerprint density at radius 1 is 1.26 bits per heavy atom. The molecule has 1 aliphatic heterocycles. The molecule has 1 aromatic rings. The van der Waals surface area contributed by atoms with Crippen molar-refractivity contribution in [2.45, 2.75) is 5.75 Å². The molecule has 1 heterocycles. The van der Waals surface area contributed by atoms with Gasteiger partial charge in [-0.2, -0.15) is 4.31 Å². The van der Waals surface area contributed by atoms with Crippen LogP contribution in [0.1, 0.15) is 5.56 Å². The quantitative estimate of drug-likeness (QED) is 0.835. The van der Waals surface area contributed by atoms with Gasteiger partial charge in [0.1, 0.15) is 0 Å². The lowest BCUT2D eigenvalue weighted by Gasteiger charge is -2.31. The van der Waals surface area contributed by atoms with Gasteiger partial charge in [0.15, 0.2) is 0 Å². The van der Waals surface area contributed by atoms with E-state index in [0.29, 0.717) is 23.7 Å². The van der Waals surface area contributed by atoms with Crippen LogP contribution in [0, 0.1) is 0 Å². The highest BCUT2D eigenvalue weighted by molar-refractivity contribution is 7.88. The maximum atomic E-state index is 12.3. The fourth-order valence-corrected chi connectivity index (χ4v) is 3.65. The summed E-state index contributed by atoms with van der Waals surface area (Å²) in [6.07, 6.45) is 0. The summed E-state index contributed by atoms with van der Waals surface area (Å²) < 4.78 is 25.7. The van der Waals surface area contributed by atoms with E-state index >= 15 is 0 Å². The van der Waals surface area contributed by atoms with Gasteiger partial charge in [0, 0.05) is 25.2 Å². The standard InChI is InChI=1S/C12H15ClN2O3S/c1-14-6-7-15(8-12(14)16)19(17,18)9-10-4-2-3-5-11(10)13/h2-5H,6-9H2,1H3. The maximum Gasteiger partial charge on any atom is 0.237 e. The third-order valence-electron chi connectivity index (χ3n) is 3.11. The topological polar surface area (TPSA) is 57.7 Å². The zero-order valence-corrected chi connectivity index (χ0v) is 12.1. The van der Waals surface area contributed by atoms with E-state index in [1.165, 1.54) is 9.21 Å². The minimum Gasteiger partial charge on any atom is -0.343 e. The molecule has 0 bridgehead atoms. The Hall–Kier alpha value is -1.11. The monoisotopic (exact) mass is 302 g/mol. The molecule has 1 aliphatic rings. The van der Waals surface area contributed by atoms with Crippen molar-refractivity contribution in [1.82, 2.24) is 9.21 Å². The number of hydrogen-bond donors (Lipinski definition) is 0. The van der Waals surface area contributed by atoms with Gasteiger partial charge in [0.25, 0.3) is 0 Å². The Morgan fingerprint density at radius 2 is 1.95 bits per heavy atom. The Labute approximate surface area is 117 Å². The number of piperazine rings is 1. The molecule has 0 spiro atoms. The number of sulfonamides is 1. The van der Waals surface area contributed by atoms with Crippen LogP contribution in [0.25, 0.3) is 0 Å². The van der Waals surface area contributed by atoms with E-state index in [2.05, 4.69) is 0 Å². The Morgan fingerprint density at radius 3 is 2.58 bits per heavy atom. The Bertz CT molecular complexity index is 588. The molecule has 1 saturated heterocycles. The van der Waals surface area contributed by atoms with Crippen molar-refractivity contribution in [3.8, 4) is 0 Å². The van der Waals surface area contributed by atoms with E-state index in [4.69, 9.17) is 11.6 Å². The number of carbonyl (C=O) groups is 1. The number of amides is 1. The SMILES string of the molecule is CN1CCN(S(=O)(=O)Cc2ccccc2Cl)CC1=O. The summed E-state index contributed by atoms with van der Waals surface area (Å²) >= 11 is 5.96. The van der Waals surface area contributed by atoms with Crippen LogP contribution in [0.2, 0.25) is 5.02 Å². The highest BCUT2D eigenvalue weighted by Crippen LogP contribution is 2.20. The van der Waals surface area contributed by atoms with Crippen molar-refractivity contribution >= 4 is 27.5 Å². The summed E-state index contributed by atoms with van der Waals surface area (Å²) in [6.45, 7) is 0.652. The molecule has 0 atom stereocenters. The lowest BCUT2D eigenvalue weighted by Crippen LogP contribution is -2.50. The van der Waals surface area contributed by atoms with Crippen LogP contribution in [0.4, 0.5) is 0 Å². The average Bonchev–Trinajstić information content (AvgIpc) is 2.35. The van der Waals surface area contributed by atoms with Gasteiger partial charge in [-0.3, -0.25) is 4.79 Å². The maximum absolute atomic E-state index is 12.3. The molecular weight excluding hydrogens is 288 g/mol. The minimum absolute atomic E-state index is 0.0940. The first-order valence-corrected chi connectivity index (χ1v) is 7.84. The lowest BCUT2D eigenvalue weighted by molar-refractivity contribution is -0.132. The lowest BCUT2D eigenvalue weighted by atomic mass is 10.2. The predicted molar refractivity (Wildman–Crippen MR) is 73.3 cm³/mol. The van der Waals surface area contributed by atoms with Crippen LogP contribution in [0.15, 0.2) is 24.3 Å². The van der Waals surface area contributed by atoms with Gasteiger partial charge < -0.3 is 4.90 Å². The predicted octanol–water partition coefficient (Wildman–Crippen LogP) is 0.944. The molecule has 1 amide bonds. The number of rotatable bonds is 3. The summed E-state index contributed by atoms with van der Waals surface area (Å²) in [4.78, 5) is 13.1. The smallest absolute Gasteiger partial charge is 0.237 e. The van der Waals surface area contributed by atoms with Crippen LogP contribution in [0.5, 0.6) is 0 Å². The van der Waals surface area contributed by atoms with E-state index < -0.39 is 10.0 Å². The highest BCUT2D eigenvalue weighted by atomic mass is 35.5. The average molecular weight is 303 g/mol. The summed E-state index contributed by atoms with van der Waals surface area (Å²) in [7, 11) is -1.85. The van der Waals surface area contributed by atoms with E-state index in [1.807, 2.05) is 0 Å². The second-order valence-corrected chi connectivity index (χ2v) is 6.87. The van der Waals surface area contributed by atoms with Gasteiger partial charge in [-0.15, -0.1) is 0 Å². The Kier molecular flexibility index (Phi) is 4.13. The summed E-state index contributed by atoms with van der Waals surface area (Å²) in [6, 6.07) is 6.82. The molecule has 1 aromatic carbocycles. The van der Waals surface area contributed by atoms with Gasteiger partial charge in [-0.25, -0.2) is 8.42 Å². The first-order valence-electron chi connectivity index (χ1n) is 5.85. The molecule has 1 fully saturated rings. The van der Waals surface area contributed by atoms with Crippen molar-refractivity contribution < 1.29 is 13.2 Å². The molecule has 2 rings (SSSR count). The normalized spacial score (nSPS) is 17.8. The van der Waals surface area contributed by atoms with E-state index in [0.717, 1.165) is 0 Å². The molecule has 104 valence electrons.